The molecule has 0 amide bonds. The first kappa shape index (κ1) is 23.9. The molecule has 2 aromatic rings. The maximum Gasteiger partial charge on any atom is 0.336 e. The summed E-state index contributed by atoms with van der Waals surface area (Å²) in [6.07, 6.45) is 5.24. The summed E-state index contributed by atoms with van der Waals surface area (Å²) in [7, 11) is 0. The standard InChI is InChI=1S/C16H22O4.C7H6O2/c1-3-5-7-11-9-10-13(15(17)18)14(16(19)20)12(11)8-6-4-2;8-7(9)6-4-2-1-3-5-6/h9-10H,3-8H2,1-2H3,(H,17,18)(H,19,20);1-5H,(H,8,9). The molecule has 0 unspecified atom stereocenters. The van der Waals surface area contributed by atoms with E-state index in [0.717, 1.165) is 37.7 Å². The van der Waals surface area contributed by atoms with Crippen LogP contribution in [-0.4, -0.2) is 33.2 Å². The Bertz CT molecular complexity index is 827. The summed E-state index contributed by atoms with van der Waals surface area (Å²) in [5.74, 6) is -3.20. The Morgan fingerprint density at radius 2 is 1.31 bits per heavy atom. The summed E-state index contributed by atoms with van der Waals surface area (Å²) in [4.78, 5) is 32.9. The van der Waals surface area contributed by atoms with Crippen LogP contribution in [0.4, 0.5) is 0 Å². The van der Waals surface area contributed by atoms with Crippen LogP contribution in [0.1, 0.15) is 81.7 Å². The highest BCUT2D eigenvalue weighted by Gasteiger charge is 2.22. The van der Waals surface area contributed by atoms with Crippen molar-refractivity contribution < 1.29 is 29.7 Å². The summed E-state index contributed by atoms with van der Waals surface area (Å²) >= 11 is 0. The lowest BCUT2D eigenvalue weighted by Gasteiger charge is -2.14. The van der Waals surface area contributed by atoms with Crippen LogP contribution in [-0.2, 0) is 12.8 Å². The van der Waals surface area contributed by atoms with Gasteiger partial charge in [-0.3, -0.25) is 0 Å². The zero-order valence-electron chi connectivity index (χ0n) is 16.9. The molecule has 0 aliphatic rings. The Hall–Kier alpha value is -3.15. The predicted molar refractivity (Wildman–Crippen MR) is 111 cm³/mol. The fraction of sp³-hybridized carbons (Fsp3) is 0.348. The third-order valence-corrected chi connectivity index (χ3v) is 4.45. The molecule has 3 N–H and O–H groups in total. The average molecular weight is 400 g/mol. The minimum atomic E-state index is -1.18. The fourth-order valence-corrected chi connectivity index (χ4v) is 2.93. The molecule has 2 rings (SSSR count). The molecule has 0 aromatic heterocycles. The molecule has 0 heterocycles. The summed E-state index contributed by atoms with van der Waals surface area (Å²) in [5.41, 5.74) is 1.87. The smallest absolute Gasteiger partial charge is 0.336 e. The van der Waals surface area contributed by atoms with Gasteiger partial charge in [0.2, 0.25) is 0 Å². The van der Waals surface area contributed by atoms with E-state index in [2.05, 4.69) is 6.92 Å². The first-order chi connectivity index (χ1) is 13.8. The highest BCUT2D eigenvalue weighted by molar-refractivity contribution is 6.03. The van der Waals surface area contributed by atoms with Gasteiger partial charge in [-0.25, -0.2) is 14.4 Å². The van der Waals surface area contributed by atoms with Gasteiger partial charge in [-0.05, 0) is 55.0 Å². The fourth-order valence-electron chi connectivity index (χ4n) is 2.93. The minimum Gasteiger partial charge on any atom is -0.478 e. The molecule has 0 aliphatic heterocycles. The first-order valence-corrected chi connectivity index (χ1v) is 9.73. The molecule has 156 valence electrons. The van der Waals surface area contributed by atoms with Gasteiger partial charge in [-0.2, -0.15) is 0 Å². The number of aromatic carboxylic acids is 3. The number of benzene rings is 2. The van der Waals surface area contributed by atoms with Crippen molar-refractivity contribution in [3.05, 3.63) is 70.3 Å². The Morgan fingerprint density at radius 3 is 1.76 bits per heavy atom. The van der Waals surface area contributed by atoms with Gasteiger partial charge < -0.3 is 15.3 Å². The van der Waals surface area contributed by atoms with Crippen LogP contribution in [0.5, 0.6) is 0 Å². The third-order valence-electron chi connectivity index (χ3n) is 4.45. The SMILES string of the molecule is CCCCc1ccc(C(=O)O)c(C(=O)O)c1CCCC.O=C(O)c1ccccc1. The van der Waals surface area contributed by atoms with Crippen LogP contribution in [0.25, 0.3) is 0 Å². The third kappa shape index (κ3) is 7.41. The van der Waals surface area contributed by atoms with E-state index < -0.39 is 17.9 Å². The van der Waals surface area contributed by atoms with Gasteiger partial charge in [0.05, 0.1) is 16.7 Å². The number of rotatable bonds is 9. The molecule has 29 heavy (non-hydrogen) atoms. The second kappa shape index (κ2) is 12.3. The van der Waals surface area contributed by atoms with Crippen molar-refractivity contribution in [3.63, 3.8) is 0 Å². The van der Waals surface area contributed by atoms with Crippen LogP contribution in [0.3, 0.4) is 0 Å². The van der Waals surface area contributed by atoms with E-state index in [1.807, 2.05) is 6.92 Å². The molecule has 0 bridgehead atoms. The molecule has 0 saturated heterocycles. The monoisotopic (exact) mass is 400 g/mol. The Balaban J connectivity index is 0.000000387. The predicted octanol–water partition coefficient (Wildman–Crippen LogP) is 5.15. The molecule has 0 saturated carbocycles. The second-order valence-electron chi connectivity index (χ2n) is 6.61. The van der Waals surface area contributed by atoms with E-state index in [1.165, 1.54) is 6.07 Å². The summed E-state index contributed by atoms with van der Waals surface area (Å²) in [5, 5.41) is 26.9. The van der Waals surface area contributed by atoms with Crippen molar-refractivity contribution in [3.8, 4) is 0 Å². The Morgan fingerprint density at radius 1 is 0.724 bits per heavy atom. The largest absolute Gasteiger partial charge is 0.478 e. The van der Waals surface area contributed by atoms with Gasteiger partial charge in [-0.1, -0.05) is 51.0 Å². The number of carboxylic acids is 3. The van der Waals surface area contributed by atoms with Crippen molar-refractivity contribution >= 4 is 17.9 Å². The lowest BCUT2D eigenvalue weighted by Crippen LogP contribution is -2.14. The topological polar surface area (TPSA) is 112 Å². The summed E-state index contributed by atoms with van der Waals surface area (Å²) in [6.45, 7) is 4.11. The lowest BCUT2D eigenvalue weighted by molar-refractivity contribution is 0.0650. The number of carbonyl (C=O) groups is 3. The molecule has 0 aliphatic carbocycles. The Labute approximate surface area is 170 Å². The number of carboxylic acid groups (broad SMARTS) is 3. The molecule has 0 radical (unpaired) electrons. The molecule has 6 nitrogen and oxygen atoms in total. The van der Waals surface area contributed by atoms with E-state index in [9.17, 15) is 19.5 Å². The van der Waals surface area contributed by atoms with Crippen LogP contribution in [0.15, 0.2) is 42.5 Å². The van der Waals surface area contributed by atoms with Gasteiger partial charge in [0.25, 0.3) is 0 Å². The van der Waals surface area contributed by atoms with Crippen LogP contribution < -0.4 is 0 Å². The van der Waals surface area contributed by atoms with E-state index >= 15 is 0 Å². The molecule has 6 heteroatoms. The maximum absolute atomic E-state index is 11.5. The van der Waals surface area contributed by atoms with Gasteiger partial charge in [-0.15, -0.1) is 0 Å². The maximum atomic E-state index is 11.5. The quantitative estimate of drug-likeness (QED) is 0.536. The van der Waals surface area contributed by atoms with E-state index in [1.54, 1.807) is 36.4 Å². The average Bonchev–Trinajstić information content (AvgIpc) is 2.71. The van der Waals surface area contributed by atoms with Crippen molar-refractivity contribution in [2.24, 2.45) is 0 Å². The van der Waals surface area contributed by atoms with Crippen LogP contribution in [0, 0.1) is 0 Å². The second-order valence-corrected chi connectivity index (χ2v) is 6.61. The van der Waals surface area contributed by atoms with E-state index in [4.69, 9.17) is 10.2 Å². The van der Waals surface area contributed by atoms with Gasteiger partial charge in [0, 0.05) is 0 Å². The van der Waals surface area contributed by atoms with Crippen LogP contribution >= 0.6 is 0 Å². The number of aryl methyl sites for hydroxylation is 1. The Kier molecular flexibility index (Phi) is 10.2. The molecule has 0 atom stereocenters. The number of unbranched alkanes of at least 4 members (excludes halogenated alkanes) is 2. The zero-order valence-corrected chi connectivity index (χ0v) is 16.9. The van der Waals surface area contributed by atoms with Crippen molar-refractivity contribution in [2.45, 2.75) is 52.4 Å². The van der Waals surface area contributed by atoms with Gasteiger partial charge in [0.15, 0.2) is 0 Å². The normalized spacial score (nSPS) is 10.0. The number of hydrogen-bond acceptors (Lipinski definition) is 3. The van der Waals surface area contributed by atoms with Crippen molar-refractivity contribution in [1.29, 1.82) is 0 Å². The molecular weight excluding hydrogens is 372 g/mol. The molecular formula is C23H28O6. The van der Waals surface area contributed by atoms with Gasteiger partial charge >= 0.3 is 17.9 Å². The van der Waals surface area contributed by atoms with Crippen molar-refractivity contribution in [1.82, 2.24) is 0 Å². The molecule has 0 fully saturated rings. The van der Waals surface area contributed by atoms with E-state index in [0.29, 0.717) is 17.5 Å². The first-order valence-electron chi connectivity index (χ1n) is 9.73. The minimum absolute atomic E-state index is 0.0282. The highest BCUT2D eigenvalue weighted by atomic mass is 16.4. The van der Waals surface area contributed by atoms with Crippen molar-refractivity contribution in [2.75, 3.05) is 0 Å². The summed E-state index contributed by atoms with van der Waals surface area (Å²) < 4.78 is 0. The van der Waals surface area contributed by atoms with Crippen LogP contribution in [0.2, 0.25) is 0 Å². The number of hydrogen-bond donors (Lipinski definition) is 3. The summed E-state index contributed by atoms with van der Waals surface area (Å²) in [6, 6.07) is 11.5. The van der Waals surface area contributed by atoms with Gasteiger partial charge in [0.1, 0.15) is 0 Å². The molecule has 2 aromatic carbocycles. The zero-order chi connectivity index (χ0) is 21.8. The molecule has 0 spiro atoms. The highest BCUT2D eigenvalue weighted by Crippen LogP contribution is 2.24. The van der Waals surface area contributed by atoms with E-state index in [-0.39, 0.29) is 11.1 Å². The lowest BCUT2D eigenvalue weighted by atomic mass is 9.90.